The van der Waals surface area contributed by atoms with Gasteiger partial charge in [0.2, 0.25) is 0 Å². The van der Waals surface area contributed by atoms with E-state index in [4.69, 9.17) is 11.6 Å². The van der Waals surface area contributed by atoms with E-state index in [0.717, 1.165) is 0 Å². The van der Waals surface area contributed by atoms with Crippen molar-refractivity contribution in [2.45, 2.75) is 25.9 Å². The van der Waals surface area contributed by atoms with E-state index in [0.29, 0.717) is 6.20 Å². The van der Waals surface area contributed by atoms with Crippen LogP contribution in [0.2, 0.25) is 5.02 Å². The van der Waals surface area contributed by atoms with Gasteiger partial charge in [-0.05, 0) is 6.92 Å². The van der Waals surface area contributed by atoms with Crippen LogP contribution in [0.1, 0.15) is 18.2 Å². The van der Waals surface area contributed by atoms with Crippen LogP contribution in [0.25, 0.3) is 0 Å². The molecular weight excluding hydrogens is 344 g/mol. The standard InChI is InChI=1S/C11H8ClF6NO3/c1-2-21-6(20)3-5-4-19-9(10(13,14)15)8(7(5)12)22-11(16,17)18/h4H,2-3H2,1H3. The number of hydrogen-bond donors (Lipinski definition) is 0. The normalized spacial score (nSPS) is 12.2. The molecule has 1 rings (SSSR count). The van der Waals surface area contributed by atoms with E-state index >= 15 is 0 Å². The Balaban J connectivity index is 3.30. The maximum absolute atomic E-state index is 12.7. The second kappa shape index (κ2) is 6.59. The molecule has 124 valence electrons. The van der Waals surface area contributed by atoms with Gasteiger partial charge in [-0.3, -0.25) is 4.79 Å². The van der Waals surface area contributed by atoms with E-state index in [2.05, 4.69) is 14.5 Å². The van der Waals surface area contributed by atoms with E-state index in [1.54, 1.807) is 0 Å². The number of halogens is 7. The zero-order chi connectivity index (χ0) is 17.1. The number of hydrogen-bond acceptors (Lipinski definition) is 4. The maximum atomic E-state index is 12.7. The molecule has 0 N–H and O–H groups in total. The molecule has 0 radical (unpaired) electrons. The smallest absolute Gasteiger partial charge is 0.466 e. The molecule has 0 amide bonds. The summed E-state index contributed by atoms with van der Waals surface area (Å²) in [7, 11) is 0. The van der Waals surface area contributed by atoms with Crippen molar-refractivity contribution < 1.29 is 40.6 Å². The van der Waals surface area contributed by atoms with Crippen molar-refractivity contribution in [3.8, 4) is 5.75 Å². The zero-order valence-corrected chi connectivity index (χ0v) is 11.6. The van der Waals surface area contributed by atoms with Crippen LogP contribution in [0.4, 0.5) is 26.3 Å². The number of ether oxygens (including phenoxy) is 2. The number of carbonyl (C=O) groups is 1. The second-order valence-corrected chi connectivity index (χ2v) is 4.18. The molecule has 22 heavy (non-hydrogen) atoms. The maximum Gasteiger partial charge on any atom is 0.573 e. The predicted octanol–water partition coefficient (Wildman–Crippen LogP) is 3.76. The van der Waals surface area contributed by atoms with Crippen LogP contribution in [-0.2, 0) is 22.1 Å². The van der Waals surface area contributed by atoms with Crippen molar-refractivity contribution in [1.29, 1.82) is 0 Å². The highest BCUT2D eigenvalue weighted by atomic mass is 35.5. The van der Waals surface area contributed by atoms with E-state index < -0.39 is 41.4 Å². The van der Waals surface area contributed by atoms with Gasteiger partial charge < -0.3 is 9.47 Å². The SMILES string of the molecule is CCOC(=O)Cc1cnc(C(F)(F)F)c(OC(F)(F)F)c1Cl. The van der Waals surface area contributed by atoms with Gasteiger partial charge in [-0.15, -0.1) is 13.2 Å². The van der Waals surface area contributed by atoms with Gasteiger partial charge in [0.25, 0.3) is 0 Å². The predicted molar refractivity (Wildman–Crippen MR) is 61.3 cm³/mol. The summed E-state index contributed by atoms with van der Waals surface area (Å²) in [6.45, 7) is 1.46. The van der Waals surface area contributed by atoms with Crippen LogP contribution in [0.15, 0.2) is 6.20 Å². The van der Waals surface area contributed by atoms with Crippen molar-refractivity contribution in [2.75, 3.05) is 6.61 Å². The molecule has 0 aromatic carbocycles. The summed E-state index contributed by atoms with van der Waals surface area (Å²) in [5, 5.41) is -1.01. The lowest BCUT2D eigenvalue weighted by atomic mass is 10.1. The van der Waals surface area contributed by atoms with Crippen LogP contribution in [0.5, 0.6) is 5.75 Å². The molecule has 1 aromatic heterocycles. The molecule has 0 unspecified atom stereocenters. The third-order valence-electron chi connectivity index (χ3n) is 2.17. The Morgan fingerprint density at radius 2 is 1.86 bits per heavy atom. The van der Waals surface area contributed by atoms with E-state index in [9.17, 15) is 31.1 Å². The van der Waals surface area contributed by atoms with Gasteiger partial charge in [0, 0.05) is 11.8 Å². The summed E-state index contributed by atoms with van der Waals surface area (Å²) in [5.41, 5.74) is -2.32. The Bertz CT molecular complexity index is 558. The molecule has 0 fully saturated rings. The summed E-state index contributed by atoms with van der Waals surface area (Å²) in [6, 6.07) is 0. The number of esters is 1. The number of rotatable bonds is 4. The molecule has 0 atom stereocenters. The fourth-order valence-corrected chi connectivity index (χ4v) is 1.65. The van der Waals surface area contributed by atoms with Gasteiger partial charge in [0.1, 0.15) is 0 Å². The summed E-state index contributed by atoms with van der Waals surface area (Å²) < 4.78 is 82.5. The third kappa shape index (κ3) is 4.93. The number of aromatic nitrogens is 1. The van der Waals surface area contributed by atoms with Gasteiger partial charge >= 0.3 is 18.5 Å². The number of carbonyl (C=O) groups excluding carboxylic acids is 1. The highest BCUT2D eigenvalue weighted by Gasteiger charge is 2.42. The first-order chi connectivity index (χ1) is 9.95. The largest absolute Gasteiger partial charge is 0.573 e. The number of nitrogens with zero attached hydrogens (tertiary/aromatic N) is 1. The van der Waals surface area contributed by atoms with Crippen molar-refractivity contribution in [3.63, 3.8) is 0 Å². The Hall–Kier alpha value is -1.71. The lowest BCUT2D eigenvalue weighted by Crippen LogP contribution is -2.22. The monoisotopic (exact) mass is 351 g/mol. The third-order valence-corrected chi connectivity index (χ3v) is 2.59. The van der Waals surface area contributed by atoms with Crippen LogP contribution in [0, 0.1) is 0 Å². The van der Waals surface area contributed by atoms with Crippen molar-refractivity contribution in [2.24, 2.45) is 0 Å². The van der Waals surface area contributed by atoms with Crippen LogP contribution in [-0.4, -0.2) is 23.9 Å². The molecular formula is C11H8ClF6NO3. The van der Waals surface area contributed by atoms with Crippen molar-refractivity contribution >= 4 is 17.6 Å². The molecule has 0 saturated heterocycles. The van der Waals surface area contributed by atoms with E-state index in [1.165, 1.54) is 6.92 Å². The Labute approximate surface area is 125 Å². The van der Waals surface area contributed by atoms with Crippen molar-refractivity contribution in [3.05, 3.63) is 22.5 Å². The quantitative estimate of drug-likeness (QED) is 0.612. The molecule has 0 spiro atoms. The molecule has 0 aliphatic heterocycles. The minimum atomic E-state index is -5.41. The van der Waals surface area contributed by atoms with Crippen LogP contribution < -0.4 is 4.74 Å². The Morgan fingerprint density at radius 1 is 1.27 bits per heavy atom. The van der Waals surface area contributed by atoms with Crippen LogP contribution >= 0.6 is 11.6 Å². The Morgan fingerprint density at radius 3 is 2.32 bits per heavy atom. The molecule has 1 heterocycles. The van der Waals surface area contributed by atoms with E-state index in [-0.39, 0.29) is 12.2 Å². The number of alkyl halides is 6. The highest BCUT2D eigenvalue weighted by Crippen LogP contribution is 2.42. The number of pyridine rings is 1. The van der Waals surface area contributed by atoms with Gasteiger partial charge in [0.15, 0.2) is 11.4 Å². The van der Waals surface area contributed by atoms with Crippen molar-refractivity contribution in [1.82, 2.24) is 4.98 Å². The molecule has 1 aromatic rings. The molecule has 0 aliphatic carbocycles. The summed E-state index contributed by atoms with van der Waals surface area (Å²) >= 11 is 5.50. The first-order valence-corrected chi connectivity index (χ1v) is 5.99. The molecule has 0 bridgehead atoms. The molecule has 4 nitrogen and oxygen atoms in total. The van der Waals surface area contributed by atoms with E-state index in [1.807, 2.05) is 0 Å². The lowest BCUT2D eigenvalue weighted by Gasteiger charge is -2.17. The minimum Gasteiger partial charge on any atom is -0.466 e. The lowest BCUT2D eigenvalue weighted by molar-refractivity contribution is -0.276. The van der Waals surface area contributed by atoms with Gasteiger partial charge in [-0.1, -0.05) is 11.6 Å². The van der Waals surface area contributed by atoms with Crippen LogP contribution in [0.3, 0.4) is 0 Å². The van der Waals surface area contributed by atoms with Gasteiger partial charge in [0.05, 0.1) is 18.1 Å². The summed E-state index contributed by atoms with van der Waals surface area (Å²) in [5.74, 6) is -2.59. The second-order valence-electron chi connectivity index (χ2n) is 3.80. The van der Waals surface area contributed by atoms with Gasteiger partial charge in [-0.2, -0.15) is 13.2 Å². The first kappa shape index (κ1) is 18.3. The Kier molecular flexibility index (Phi) is 5.49. The fourth-order valence-electron chi connectivity index (χ4n) is 1.41. The first-order valence-electron chi connectivity index (χ1n) is 5.61. The minimum absolute atomic E-state index is 0.0174. The molecule has 0 aliphatic rings. The average Bonchev–Trinajstić information content (AvgIpc) is 2.31. The molecule has 11 heteroatoms. The topological polar surface area (TPSA) is 48.4 Å². The summed E-state index contributed by atoms with van der Waals surface area (Å²) in [4.78, 5) is 14.1. The average molecular weight is 352 g/mol. The highest BCUT2D eigenvalue weighted by molar-refractivity contribution is 6.33. The zero-order valence-electron chi connectivity index (χ0n) is 10.8. The van der Waals surface area contributed by atoms with Gasteiger partial charge in [-0.25, -0.2) is 4.98 Å². The fraction of sp³-hybridized carbons (Fsp3) is 0.455. The summed E-state index contributed by atoms with van der Waals surface area (Å²) in [6.07, 6.45) is -10.7. The molecule has 0 saturated carbocycles.